The average Bonchev–Trinajstić information content (AvgIpc) is 2.39. The maximum absolute atomic E-state index is 13.8. The van der Waals surface area contributed by atoms with Gasteiger partial charge in [-0.15, -0.1) is 0 Å². The van der Waals surface area contributed by atoms with E-state index in [9.17, 15) is 9.50 Å². The molecule has 0 amide bonds. The monoisotopic (exact) mass is 252 g/mol. The first-order valence-electron chi connectivity index (χ1n) is 6.72. The summed E-state index contributed by atoms with van der Waals surface area (Å²) in [7, 11) is 1.51. The molecule has 1 aliphatic carbocycles. The van der Waals surface area contributed by atoms with Gasteiger partial charge in [0.2, 0.25) is 0 Å². The van der Waals surface area contributed by atoms with E-state index in [-0.39, 0.29) is 5.82 Å². The Hall–Kier alpha value is -1.09. The van der Waals surface area contributed by atoms with Crippen molar-refractivity contribution >= 4 is 0 Å². The number of aliphatic hydroxyl groups excluding tert-OH is 1. The molecular weight excluding hydrogens is 231 g/mol. The van der Waals surface area contributed by atoms with Crippen molar-refractivity contribution < 1.29 is 14.2 Å². The lowest BCUT2D eigenvalue weighted by molar-refractivity contribution is 0.127. The lowest BCUT2D eigenvalue weighted by Gasteiger charge is -2.24. The second-order valence-electron chi connectivity index (χ2n) is 5.14. The Balaban J connectivity index is 2.01. The van der Waals surface area contributed by atoms with Crippen LogP contribution in [0.4, 0.5) is 4.39 Å². The fraction of sp³-hybridized carbons (Fsp3) is 0.600. The molecule has 0 aliphatic heterocycles. The summed E-state index contributed by atoms with van der Waals surface area (Å²) < 4.78 is 18.8. The third kappa shape index (κ3) is 3.22. The molecule has 1 N–H and O–H groups in total. The smallest absolute Gasteiger partial charge is 0.132 e. The molecule has 1 saturated carbocycles. The van der Waals surface area contributed by atoms with Gasteiger partial charge in [-0.2, -0.15) is 0 Å². The number of hydrogen-bond acceptors (Lipinski definition) is 2. The number of methoxy groups -OCH3 is 1. The molecule has 1 unspecified atom stereocenters. The van der Waals surface area contributed by atoms with E-state index in [0.717, 1.165) is 12.8 Å². The van der Waals surface area contributed by atoms with Gasteiger partial charge in [0.05, 0.1) is 13.2 Å². The molecule has 2 nitrogen and oxygen atoms in total. The van der Waals surface area contributed by atoms with Gasteiger partial charge in [-0.1, -0.05) is 32.1 Å². The molecule has 0 spiro atoms. The average molecular weight is 252 g/mol. The van der Waals surface area contributed by atoms with Gasteiger partial charge >= 0.3 is 0 Å². The molecule has 18 heavy (non-hydrogen) atoms. The SMILES string of the molecule is COc1ccc(C(O)CC2CCCCC2)c(F)c1. The summed E-state index contributed by atoms with van der Waals surface area (Å²) in [6, 6.07) is 4.66. The van der Waals surface area contributed by atoms with Gasteiger partial charge in [-0.05, 0) is 24.5 Å². The lowest BCUT2D eigenvalue weighted by Crippen LogP contribution is -2.12. The molecule has 3 heteroatoms. The number of rotatable bonds is 4. The Kier molecular flexibility index (Phi) is 4.59. The third-order valence-corrected chi connectivity index (χ3v) is 3.85. The van der Waals surface area contributed by atoms with Crippen LogP contribution >= 0.6 is 0 Å². The molecule has 1 aliphatic rings. The van der Waals surface area contributed by atoms with Crippen LogP contribution in [-0.2, 0) is 0 Å². The van der Waals surface area contributed by atoms with Gasteiger partial charge in [-0.3, -0.25) is 0 Å². The van der Waals surface area contributed by atoms with E-state index in [1.165, 1.54) is 32.4 Å². The van der Waals surface area contributed by atoms with Crippen LogP contribution < -0.4 is 4.74 Å². The van der Waals surface area contributed by atoms with Gasteiger partial charge in [0.1, 0.15) is 11.6 Å². The van der Waals surface area contributed by atoms with Crippen LogP contribution in [0.1, 0.15) is 50.2 Å². The predicted octanol–water partition coefficient (Wildman–Crippen LogP) is 3.84. The topological polar surface area (TPSA) is 29.5 Å². The highest BCUT2D eigenvalue weighted by atomic mass is 19.1. The first-order valence-corrected chi connectivity index (χ1v) is 6.72. The van der Waals surface area contributed by atoms with Gasteiger partial charge < -0.3 is 9.84 Å². The highest BCUT2D eigenvalue weighted by molar-refractivity contribution is 5.30. The minimum atomic E-state index is -0.695. The third-order valence-electron chi connectivity index (χ3n) is 3.85. The Labute approximate surface area is 108 Å². The maximum Gasteiger partial charge on any atom is 0.132 e. The van der Waals surface area contributed by atoms with E-state index in [0.29, 0.717) is 23.7 Å². The minimum Gasteiger partial charge on any atom is -0.497 e. The summed E-state index contributed by atoms with van der Waals surface area (Å²) in [4.78, 5) is 0. The van der Waals surface area contributed by atoms with E-state index in [1.54, 1.807) is 12.1 Å². The molecule has 1 fully saturated rings. The van der Waals surface area contributed by atoms with Crippen LogP contribution in [-0.4, -0.2) is 12.2 Å². The largest absolute Gasteiger partial charge is 0.497 e. The van der Waals surface area contributed by atoms with Crippen LogP contribution in [0.3, 0.4) is 0 Å². The molecule has 1 atom stereocenters. The van der Waals surface area contributed by atoms with Crippen molar-refractivity contribution in [2.75, 3.05) is 7.11 Å². The molecule has 1 aromatic rings. The maximum atomic E-state index is 13.8. The van der Waals surface area contributed by atoms with E-state index in [2.05, 4.69) is 0 Å². The number of benzene rings is 1. The molecule has 0 saturated heterocycles. The second-order valence-corrected chi connectivity index (χ2v) is 5.14. The summed E-state index contributed by atoms with van der Waals surface area (Å²) >= 11 is 0. The molecule has 1 aromatic carbocycles. The van der Waals surface area contributed by atoms with Crippen LogP contribution in [0.2, 0.25) is 0 Å². The zero-order chi connectivity index (χ0) is 13.0. The van der Waals surface area contributed by atoms with E-state index < -0.39 is 6.10 Å². The van der Waals surface area contributed by atoms with Crippen LogP contribution in [0.5, 0.6) is 5.75 Å². The quantitative estimate of drug-likeness (QED) is 0.882. The molecule has 0 radical (unpaired) electrons. The van der Waals surface area contributed by atoms with Gasteiger partial charge in [0.25, 0.3) is 0 Å². The molecular formula is C15H21FO2. The Bertz CT molecular complexity index is 386. The molecule has 0 heterocycles. The summed E-state index contributed by atoms with van der Waals surface area (Å²) in [5.74, 6) is 0.647. The number of halogens is 1. The Morgan fingerprint density at radius 1 is 1.33 bits per heavy atom. The van der Waals surface area contributed by atoms with E-state index >= 15 is 0 Å². The first kappa shape index (κ1) is 13.3. The van der Waals surface area contributed by atoms with Crippen molar-refractivity contribution in [3.63, 3.8) is 0 Å². The second kappa shape index (κ2) is 6.19. The highest BCUT2D eigenvalue weighted by Gasteiger charge is 2.20. The minimum absolute atomic E-state index is 0.377. The zero-order valence-corrected chi connectivity index (χ0v) is 10.9. The Morgan fingerprint density at radius 2 is 2.06 bits per heavy atom. The molecule has 0 bridgehead atoms. The predicted molar refractivity (Wildman–Crippen MR) is 69.1 cm³/mol. The van der Waals surface area contributed by atoms with Crippen molar-refractivity contribution in [3.05, 3.63) is 29.6 Å². The van der Waals surface area contributed by atoms with Crippen molar-refractivity contribution in [1.29, 1.82) is 0 Å². The molecule has 0 aromatic heterocycles. The molecule has 2 rings (SSSR count). The van der Waals surface area contributed by atoms with Crippen LogP contribution in [0.15, 0.2) is 18.2 Å². The van der Waals surface area contributed by atoms with Crippen LogP contribution in [0.25, 0.3) is 0 Å². The normalized spacial score (nSPS) is 18.6. The number of aliphatic hydroxyl groups is 1. The highest BCUT2D eigenvalue weighted by Crippen LogP contribution is 2.33. The summed E-state index contributed by atoms with van der Waals surface area (Å²) in [5.41, 5.74) is 0.390. The summed E-state index contributed by atoms with van der Waals surface area (Å²) in [6.45, 7) is 0. The van der Waals surface area contributed by atoms with Crippen LogP contribution in [0, 0.1) is 11.7 Å². The van der Waals surface area contributed by atoms with E-state index in [1.807, 2.05) is 0 Å². The number of hydrogen-bond donors (Lipinski definition) is 1. The summed E-state index contributed by atoms with van der Waals surface area (Å²) in [5, 5.41) is 10.1. The standard InChI is InChI=1S/C15H21FO2/c1-18-12-7-8-13(14(16)10-12)15(17)9-11-5-3-2-4-6-11/h7-8,10-11,15,17H,2-6,9H2,1H3. The van der Waals surface area contributed by atoms with Gasteiger partial charge in [0.15, 0.2) is 0 Å². The van der Waals surface area contributed by atoms with Gasteiger partial charge in [-0.25, -0.2) is 4.39 Å². The molecule has 100 valence electrons. The van der Waals surface area contributed by atoms with Crippen molar-refractivity contribution in [1.82, 2.24) is 0 Å². The fourth-order valence-corrected chi connectivity index (χ4v) is 2.77. The van der Waals surface area contributed by atoms with Crippen molar-refractivity contribution in [2.45, 2.75) is 44.6 Å². The van der Waals surface area contributed by atoms with Crippen molar-refractivity contribution in [2.24, 2.45) is 5.92 Å². The lowest BCUT2D eigenvalue weighted by atomic mass is 9.84. The fourth-order valence-electron chi connectivity index (χ4n) is 2.77. The zero-order valence-electron chi connectivity index (χ0n) is 10.9. The van der Waals surface area contributed by atoms with E-state index in [4.69, 9.17) is 4.74 Å². The van der Waals surface area contributed by atoms with Crippen molar-refractivity contribution in [3.8, 4) is 5.75 Å². The summed E-state index contributed by atoms with van der Waals surface area (Å²) in [6.07, 6.45) is 6.07. The Morgan fingerprint density at radius 3 is 2.67 bits per heavy atom. The number of ether oxygens (including phenoxy) is 1. The van der Waals surface area contributed by atoms with Gasteiger partial charge in [0, 0.05) is 11.6 Å². The first-order chi connectivity index (χ1) is 8.70.